The second-order valence-electron chi connectivity index (χ2n) is 6.98. The third-order valence-electron chi connectivity index (χ3n) is 4.94. The van der Waals surface area contributed by atoms with Gasteiger partial charge in [0.2, 0.25) is 5.91 Å². The van der Waals surface area contributed by atoms with E-state index < -0.39 is 5.54 Å². The SMILES string of the molecule is CN(C)C(=O)C1(Cc2ccccc2)CNCCN1Cc1ccccc1. The predicted octanol–water partition coefficient (Wildman–Crippen LogP) is 2.16. The third-order valence-corrected chi connectivity index (χ3v) is 4.94. The first-order chi connectivity index (χ1) is 12.1. The van der Waals surface area contributed by atoms with Gasteiger partial charge in [0.25, 0.3) is 0 Å². The van der Waals surface area contributed by atoms with Gasteiger partial charge in [0, 0.05) is 46.7 Å². The van der Waals surface area contributed by atoms with Gasteiger partial charge in [-0.1, -0.05) is 60.7 Å². The fourth-order valence-corrected chi connectivity index (χ4v) is 3.68. The van der Waals surface area contributed by atoms with Crippen LogP contribution in [0.4, 0.5) is 0 Å². The number of carbonyl (C=O) groups excluding carboxylic acids is 1. The molecule has 4 heteroatoms. The first-order valence-electron chi connectivity index (χ1n) is 8.87. The second-order valence-corrected chi connectivity index (χ2v) is 6.98. The van der Waals surface area contributed by atoms with Gasteiger partial charge in [-0.2, -0.15) is 0 Å². The lowest BCUT2D eigenvalue weighted by molar-refractivity contribution is -0.144. The van der Waals surface area contributed by atoms with Crippen molar-refractivity contribution >= 4 is 5.91 Å². The number of rotatable bonds is 5. The van der Waals surface area contributed by atoms with E-state index in [0.717, 1.165) is 19.6 Å². The Bertz CT molecular complexity index is 687. The van der Waals surface area contributed by atoms with Crippen molar-refractivity contribution in [3.63, 3.8) is 0 Å². The molecule has 4 nitrogen and oxygen atoms in total. The minimum atomic E-state index is -0.557. The Kier molecular flexibility index (Phi) is 5.51. The molecule has 0 aromatic heterocycles. The lowest BCUT2D eigenvalue weighted by atomic mass is 9.85. The molecule has 0 saturated carbocycles. The van der Waals surface area contributed by atoms with Gasteiger partial charge in [-0.3, -0.25) is 9.69 Å². The summed E-state index contributed by atoms with van der Waals surface area (Å²) in [5.41, 5.74) is 1.88. The zero-order valence-corrected chi connectivity index (χ0v) is 15.1. The zero-order chi connectivity index (χ0) is 17.7. The van der Waals surface area contributed by atoms with Crippen molar-refractivity contribution in [2.45, 2.75) is 18.5 Å². The van der Waals surface area contributed by atoms with Crippen molar-refractivity contribution in [1.82, 2.24) is 15.1 Å². The molecule has 25 heavy (non-hydrogen) atoms. The lowest BCUT2D eigenvalue weighted by Gasteiger charge is -2.47. The fourth-order valence-electron chi connectivity index (χ4n) is 3.68. The van der Waals surface area contributed by atoms with Crippen LogP contribution in [0.15, 0.2) is 60.7 Å². The Morgan fingerprint density at radius 2 is 1.64 bits per heavy atom. The topological polar surface area (TPSA) is 35.6 Å². The van der Waals surface area contributed by atoms with Crippen molar-refractivity contribution < 1.29 is 4.79 Å². The molecule has 3 rings (SSSR count). The van der Waals surface area contributed by atoms with Crippen molar-refractivity contribution in [2.24, 2.45) is 0 Å². The van der Waals surface area contributed by atoms with Crippen LogP contribution in [-0.4, -0.2) is 55.0 Å². The van der Waals surface area contributed by atoms with Crippen LogP contribution in [0.3, 0.4) is 0 Å². The van der Waals surface area contributed by atoms with Gasteiger partial charge < -0.3 is 10.2 Å². The number of likely N-dealkylation sites (N-methyl/N-ethyl adjacent to an activating group) is 1. The predicted molar refractivity (Wildman–Crippen MR) is 101 cm³/mol. The summed E-state index contributed by atoms with van der Waals surface area (Å²) >= 11 is 0. The number of amides is 1. The van der Waals surface area contributed by atoms with E-state index in [2.05, 4.69) is 46.6 Å². The maximum atomic E-state index is 13.3. The highest BCUT2D eigenvalue weighted by atomic mass is 16.2. The molecule has 1 heterocycles. The van der Waals surface area contributed by atoms with Crippen LogP contribution in [0.25, 0.3) is 0 Å². The van der Waals surface area contributed by atoms with Crippen LogP contribution in [0.1, 0.15) is 11.1 Å². The molecule has 1 amide bonds. The maximum absolute atomic E-state index is 13.3. The summed E-state index contributed by atoms with van der Waals surface area (Å²) in [6, 6.07) is 20.7. The molecule has 1 N–H and O–H groups in total. The van der Waals surface area contributed by atoms with Crippen LogP contribution in [-0.2, 0) is 17.8 Å². The Labute approximate surface area is 150 Å². The summed E-state index contributed by atoms with van der Waals surface area (Å²) in [5.74, 6) is 0.166. The van der Waals surface area contributed by atoms with E-state index in [1.807, 2.05) is 38.4 Å². The molecule has 0 spiro atoms. The molecule has 0 bridgehead atoms. The molecule has 2 aromatic carbocycles. The van der Waals surface area contributed by atoms with E-state index in [1.165, 1.54) is 11.1 Å². The molecule has 1 aliphatic rings. The molecule has 0 radical (unpaired) electrons. The Hall–Kier alpha value is -2.17. The summed E-state index contributed by atoms with van der Waals surface area (Å²) in [6.45, 7) is 3.23. The van der Waals surface area contributed by atoms with Gasteiger partial charge in [-0.25, -0.2) is 0 Å². The summed E-state index contributed by atoms with van der Waals surface area (Å²) in [5, 5.41) is 3.46. The fraction of sp³-hybridized carbons (Fsp3) is 0.381. The van der Waals surface area contributed by atoms with Gasteiger partial charge in [-0.05, 0) is 11.1 Å². The summed E-state index contributed by atoms with van der Waals surface area (Å²) in [4.78, 5) is 17.4. The number of piperazine rings is 1. The highest BCUT2D eigenvalue weighted by Gasteiger charge is 2.46. The van der Waals surface area contributed by atoms with Gasteiger partial charge in [0.05, 0.1) is 0 Å². The maximum Gasteiger partial charge on any atom is 0.244 e. The van der Waals surface area contributed by atoms with Crippen molar-refractivity contribution in [2.75, 3.05) is 33.7 Å². The molecule has 1 unspecified atom stereocenters. The Balaban J connectivity index is 1.95. The highest BCUT2D eigenvalue weighted by Crippen LogP contribution is 2.27. The normalized spacial score (nSPS) is 21.0. The summed E-state index contributed by atoms with van der Waals surface area (Å²) in [6.07, 6.45) is 0.713. The summed E-state index contributed by atoms with van der Waals surface area (Å²) < 4.78 is 0. The Morgan fingerprint density at radius 1 is 1.04 bits per heavy atom. The zero-order valence-electron chi connectivity index (χ0n) is 15.1. The van der Waals surface area contributed by atoms with Gasteiger partial charge in [0.15, 0.2) is 0 Å². The smallest absolute Gasteiger partial charge is 0.244 e. The minimum Gasteiger partial charge on any atom is -0.347 e. The first kappa shape index (κ1) is 17.6. The highest BCUT2D eigenvalue weighted by molar-refractivity contribution is 5.87. The number of hydrogen-bond acceptors (Lipinski definition) is 3. The standard InChI is InChI=1S/C21H27N3O/c1-23(2)20(25)21(15-18-9-5-3-6-10-18)17-22-13-14-24(21)16-19-11-7-4-8-12-19/h3-12,22H,13-17H2,1-2H3. The number of benzene rings is 2. The van der Waals surface area contributed by atoms with E-state index in [9.17, 15) is 4.79 Å². The largest absolute Gasteiger partial charge is 0.347 e. The van der Waals surface area contributed by atoms with Gasteiger partial charge >= 0.3 is 0 Å². The van der Waals surface area contributed by atoms with E-state index in [1.54, 1.807) is 4.90 Å². The molecule has 1 atom stereocenters. The van der Waals surface area contributed by atoms with Crippen LogP contribution in [0.5, 0.6) is 0 Å². The van der Waals surface area contributed by atoms with Crippen LogP contribution in [0.2, 0.25) is 0 Å². The molecular formula is C21H27N3O. The molecule has 132 valence electrons. The molecular weight excluding hydrogens is 310 g/mol. The van der Waals surface area contributed by atoms with Gasteiger partial charge in [-0.15, -0.1) is 0 Å². The number of carbonyl (C=O) groups is 1. The monoisotopic (exact) mass is 337 g/mol. The molecule has 1 saturated heterocycles. The van der Waals surface area contributed by atoms with E-state index >= 15 is 0 Å². The van der Waals surface area contributed by atoms with E-state index in [0.29, 0.717) is 13.0 Å². The molecule has 0 aliphatic carbocycles. The minimum absolute atomic E-state index is 0.166. The van der Waals surface area contributed by atoms with Crippen LogP contribution in [0, 0.1) is 0 Å². The van der Waals surface area contributed by atoms with E-state index in [-0.39, 0.29) is 5.91 Å². The van der Waals surface area contributed by atoms with E-state index in [4.69, 9.17) is 0 Å². The average molecular weight is 337 g/mol. The average Bonchev–Trinajstić information content (AvgIpc) is 2.64. The number of hydrogen-bond donors (Lipinski definition) is 1. The molecule has 1 fully saturated rings. The lowest BCUT2D eigenvalue weighted by Crippen LogP contribution is -2.68. The second kappa shape index (κ2) is 7.81. The number of nitrogens with one attached hydrogen (secondary N) is 1. The van der Waals surface area contributed by atoms with Gasteiger partial charge in [0.1, 0.15) is 5.54 Å². The Morgan fingerprint density at radius 3 is 2.24 bits per heavy atom. The molecule has 2 aromatic rings. The molecule has 1 aliphatic heterocycles. The number of nitrogens with zero attached hydrogens (tertiary/aromatic N) is 2. The van der Waals surface area contributed by atoms with Crippen molar-refractivity contribution in [1.29, 1.82) is 0 Å². The van der Waals surface area contributed by atoms with Crippen LogP contribution < -0.4 is 5.32 Å². The van der Waals surface area contributed by atoms with Crippen molar-refractivity contribution in [3.05, 3.63) is 71.8 Å². The third kappa shape index (κ3) is 3.91. The first-order valence-corrected chi connectivity index (χ1v) is 8.87. The van der Waals surface area contributed by atoms with Crippen LogP contribution >= 0.6 is 0 Å². The van der Waals surface area contributed by atoms with Crippen molar-refractivity contribution in [3.8, 4) is 0 Å². The summed E-state index contributed by atoms with van der Waals surface area (Å²) in [7, 11) is 3.70. The quantitative estimate of drug-likeness (QED) is 0.908.